The van der Waals surface area contributed by atoms with Crippen molar-refractivity contribution in [1.82, 2.24) is 9.27 Å². The summed E-state index contributed by atoms with van der Waals surface area (Å²) in [5, 5.41) is 4.06. The van der Waals surface area contributed by atoms with Crippen LogP contribution in [0.15, 0.2) is 36.4 Å². The lowest BCUT2D eigenvalue weighted by Gasteiger charge is -2.34. The van der Waals surface area contributed by atoms with E-state index in [1.807, 2.05) is 38.1 Å². The van der Waals surface area contributed by atoms with Crippen molar-refractivity contribution in [2.75, 3.05) is 42.9 Å². The second-order valence-electron chi connectivity index (χ2n) is 7.80. The Labute approximate surface area is 180 Å². The molecule has 0 unspecified atom stereocenters. The van der Waals surface area contributed by atoms with E-state index >= 15 is 0 Å². The van der Waals surface area contributed by atoms with Crippen LogP contribution < -0.4 is 10.2 Å². The first kappa shape index (κ1) is 20.5. The number of fused-ring (bicyclic) bond motifs is 1. The largest absolute Gasteiger partial charge is 0.353 e. The van der Waals surface area contributed by atoms with Crippen LogP contribution in [0.5, 0.6) is 0 Å². The van der Waals surface area contributed by atoms with E-state index in [9.17, 15) is 9.59 Å². The smallest absolute Gasteiger partial charge is 0.221 e. The van der Waals surface area contributed by atoms with Gasteiger partial charge in [0.15, 0.2) is 5.78 Å². The number of rotatable bonds is 5. The number of aryl methyl sites for hydroxylation is 1. The quantitative estimate of drug-likeness (QED) is 0.632. The molecule has 1 aromatic heterocycles. The molecule has 7 heteroatoms. The third-order valence-electron chi connectivity index (χ3n) is 5.67. The van der Waals surface area contributed by atoms with Gasteiger partial charge in [-0.15, -0.1) is 0 Å². The molecule has 0 bridgehead atoms. The number of benzene rings is 2. The number of carbonyl (C=O) groups excluding carboxylic acids is 2. The van der Waals surface area contributed by atoms with Gasteiger partial charge >= 0.3 is 0 Å². The Kier molecular flexibility index (Phi) is 5.83. The fraction of sp³-hybridized carbons (Fsp3) is 0.348. The number of nitrogens with zero attached hydrogens (tertiary/aromatic N) is 3. The predicted octanol–water partition coefficient (Wildman–Crippen LogP) is 3.88. The number of Topliss-reactive ketones (excluding diaryl/α,β-unsaturated/α-hetero) is 1. The zero-order valence-corrected chi connectivity index (χ0v) is 18.4. The highest BCUT2D eigenvalue weighted by Gasteiger charge is 2.23. The van der Waals surface area contributed by atoms with Crippen molar-refractivity contribution < 1.29 is 9.59 Å². The molecule has 4 rings (SSSR count). The van der Waals surface area contributed by atoms with Gasteiger partial charge in [0.1, 0.15) is 5.82 Å². The summed E-state index contributed by atoms with van der Waals surface area (Å²) in [6.45, 7) is 9.05. The Hall–Kier alpha value is -2.77. The number of nitrogens with one attached hydrogen (secondary N) is 1. The van der Waals surface area contributed by atoms with E-state index in [2.05, 4.69) is 31.6 Å². The van der Waals surface area contributed by atoms with Gasteiger partial charge in [-0.25, -0.2) is 0 Å². The number of anilines is 2. The van der Waals surface area contributed by atoms with Crippen LogP contribution >= 0.6 is 11.5 Å². The predicted molar refractivity (Wildman–Crippen MR) is 123 cm³/mol. The second-order valence-corrected chi connectivity index (χ2v) is 8.60. The van der Waals surface area contributed by atoms with Crippen molar-refractivity contribution in [3.63, 3.8) is 0 Å². The highest BCUT2D eigenvalue weighted by atomic mass is 32.1. The minimum atomic E-state index is -0.128. The molecule has 0 saturated carbocycles. The number of ketones is 1. The Morgan fingerprint density at radius 3 is 2.53 bits per heavy atom. The lowest BCUT2D eigenvalue weighted by molar-refractivity contribution is -0.114. The number of aromatic nitrogens is 1. The van der Waals surface area contributed by atoms with E-state index in [4.69, 9.17) is 0 Å². The van der Waals surface area contributed by atoms with Gasteiger partial charge in [-0.05, 0) is 48.6 Å². The van der Waals surface area contributed by atoms with E-state index in [1.165, 1.54) is 28.5 Å². The van der Waals surface area contributed by atoms with Crippen LogP contribution in [0.3, 0.4) is 0 Å². The van der Waals surface area contributed by atoms with Crippen molar-refractivity contribution in [3.8, 4) is 0 Å². The Bertz CT molecular complexity index is 1100. The van der Waals surface area contributed by atoms with Crippen LogP contribution in [-0.2, 0) is 4.79 Å². The first-order chi connectivity index (χ1) is 14.4. The van der Waals surface area contributed by atoms with Crippen LogP contribution in [0.4, 0.5) is 11.5 Å². The summed E-state index contributed by atoms with van der Waals surface area (Å²) < 4.78 is 5.86. The van der Waals surface area contributed by atoms with Gasteiger partial charge in [-0.3, -0.25) is 14.5 Å². The normalized spacial score (nSPS) is 14.8. The summed E-state index contributed by atoms with van der Waals surface area (Å²) in [5.41, 5.74) is 3.22. The molecule has 30 heavy (non-hydrogen) atoms. The van der Waals surface area contributed by atoms with Crippen LogP contribution in [0.1, 0.15) is 28.4 Å². The zero-order chi connectivity index (χ0) is 21.3. The SMILES string of the molecule is CC(=O)Nc1c(C)ccc(C(=O)CN2CCN(c3nsc4ccccc34)CC2)c1C. The molecular formula is C23H26N4O2S. The molecular weight excluding hydrogens is 396 g/mol. The molecule has 1 N–H and O–H groups in total. The van der Waals surface area contributed by atoms with Crippen LogP contribution in [0.25, 0.3) is 10.1 Å². The molecule has 1 saturated heterocycles. The molecule has 0 radical (unpaired) electrons. The molecule has 1 fully saturated rings. The molecule has 0 atom stereocenters. The van der Waals surface area contributed by atoms with Crippen LogP contribution in [-0.4, -0.2) is 53.7 Å². The standard InChI is InChI=1S/C23H26N4O2S/c1-15-8-9-18(16(2)22(15)24-17(3)28)20(29)14-26-10-12-27(13-11-26)23-19-6-4-5-7-21(19)30-25-23/h4-9H,10-14H2,1-3H3,(H,24,28). The zero-order valence-electron chi connectivity index (χ0n) is 17.6. The third kappa shape index (κ3) is 4.08. The van der Waals surface area contributed by atoms with Gasteiger partial charge in [0.05, 0.1) is 11.2 Å². The van der Waals surface area contributed by atoms with Gasteiger partial charge in [-0.2, -0.15) is 4.37 Å². The third-order valence-corrected chi connectivity index (χ3v) is 6.49. The molecule has 0 aliphatic carbocycles. The Balaban J connectivity index is 1.42. The number of hydrogen-bond acceptors (Lipinski definition) is 6. The summed E-state index contributed by atoms with van der Waals surface area (Å²) in [6.07, 6.45) is 0. The number of amides is 1. The van der Waals surface area contributed by atoms with E-state index in [-0.39, 0.29) is 11.7 Å². The fourth-order valence-electron chi connectivity index (χ4n) is 4.02. The molecule has 156 valence electrons. The highest BCUT2D eigenvalue weighted by molar-refractivity contribution is 7.13. The minimum Gasteiger partial charge on any atom is -0.353 e. The summed E-state index contributed by atoms with van der Waals surface area (Å²) in [6, 6.07) is 12.1. The second kappa shape index (κ2) is 8.53. The van der Waals surface area contributed by atoms with Crippen molar-refractivity contribution in [2.24, 2.45) is 0 Å². The summed E-state index contributed by atoms with van der Waals surface area (Å²) in [7, 11) is 0. The summed E-state index contributed by atoms with van der Waals surface area (Å²) >= 11 is 1.54. The van der Waals surface area contributed by atoms with Crippen LogP contribution in [0.2, 0.25) is 0 Å². The molecule has 2 aromatic carbocycles. The molecule has 2 heterocycles. The van der Waals surface area contributed by atoms with Crippen molar-refractivity contribution in [2.45, 2.75) is 20.8 Å². The molecule has 1 aliphatic heterocycles. The molecule has 3 aromatic rings. The lowest BCUT2D eigenvalue weighted by atomic mass is 9.99. The number of carbonyl (C=O) groups is 2. The maximum absolute atomic E-state index is 13.0. The molecule has 6 nitrogen and oxygen atoms in total. The van der Waals surface area contributed by atoms with Crippen molar-refractivity contribution in [1.29, 1.82) is 0 Å². The number of hydrogen-bond donors (Lipinski definition) is 1. The first-order valence-corrected chi connectivity index (χ1v) is 10.9. The van der Waals surface area contributed by atoms with Gasteiger partial charge in [-0.1, -0.05) is 24.3 Å². The minimum absolute atomic E-state index is 0.0895. The van der Waals surface area contributed by atoms with Crippen molar-refractivity contribution in [3.05, 3.63) is 53.1 Å². The first-order valence-electron chi connectivity index (χ1n) is 10.2. The maximum Gasteiger partial charge on any atom is 0.221 e. The van der Waals surface area contributed by atoms with E-state index in [0.717, 1.165) is 48.8 Å². The Morgan fingerprint density at radius 2 is 1.80 bits per heavy atom. The molecule has 1 aliphatic rings. The average Bonchev–Trinajstić information content (AvgIpc) is 3.15. The monoisotopic (exact) mass is 422 g/mol. The molecule has 1 amide bonds. The topological polar surface area (TPSA) is 65.5 Å². The summed E-state index contributed by atoms with van der Waals surface area (Å²) in [4.78, 5) is 29.0. The van der Waals surface area contributed by atoms with E-state index < -0.39 is 0 Å². The van der Waals surface area contributed by atoms with E-state index in [1.54, 1.807) is 0 Å². The fourth-order valence-corrected chi connectivity index (χ4v) is 4.82. The van der Waals surface area contributed by atoms with Gasteiger partial charge in [0.25, 0.3) is 0 Å². The Morgan fingerprint density at radius 1 is 1.07 bits per heavy atom. The molecule has 0 spiro atoms. The number of piperazine rings is 1. The lowest BCUT2D eigenvalue weighted by Crippen LogP contribution is -2.48. The van der Waals surface area contributed by atoms with Crippen LogP contribution in [0, 0.1) is 13.8 Å². The average molecular weight is 423 g/mol. The van der Waals surface area contributed by atoms with Gasteiger partial charge in [0.2, 0.25) is 5.91 Å². The van der Waals surface area contributed by atoms with Crippen molar-refractivity contribution >= 4 is 44.8 Å². The van der Waals surface area contributed by atoms with E-state index in [0.29, 0.717) is 12.1 Å². The van der Waals surface area contributed by atoms with Gasteiger partial charge in [0, 0.05) is 49.7 Å². The highest BCUT2D eigenvalue weighted by Crippen LogP contribution is 2.30. The maximum atomic E-state index is 13.0. The van der Waals surface area contributed by atoms with Gasteiger partial charge < -0.3 is 10.2 Å². The summed E-state index contributed by atoms with van der Waals surface area (Å²) in [5.74, 6) is 1.01.